The van der Waals surface area contributed by atoms with E-state index in [1.54, 1.807) is 6.20 Å². The summed E-state index contributed by atoms with van der Waals surface area (Å²) in [6.07, 6.45) is 4.02. The Morgan fingerprint density at radius 1 is 1.24 bits per heavy atom. The van der Waals surface area contributed by atoms with Gasteiger partial charge in [-0.25, -0.2) is 0 Å². The van der Waals surface area contributed by atoms with Crippen LogP contribution >= 0.6 is 0 Å². The van der Waals surface area contributed by atoms with E-state index in [1.165, 1.54) is 0 Å². The van der Waals surface area contributed by atoms with Gasteiger partial charge >= 0.3 is 0 Å². The quantitative estimate of drug-likeness (QED) is 0.879. The molecule has 2 aromatic rings. The van der Waals surface area contributed by atoms with E-state index < -0.39 is 0 Å². The summed E-state index contributed by atoms with van der Waals surface area (Å²) in [6.45, 7) is 4.00. The van der Waals surface area contributed by atoms with Gasteiger partial charge in [-0.1, -0.05) is 18.2 Å². The van der Waals surface area contributed by atoms with Crippen molar-refractivity contribution in [3.05, 3.63) is 53.9 Å². The number of carbonyl (C=O) groups excluding carboxylic acids is 1. The molecule has 0 saturated carbocycles. The zero-order chi connectivity index (χ0) is 17.6. The molecule has 1 saturated heterocycles. The van der Waals surface area contributed by atoms with Gasteiger partial charge in [0.15, 0.2) is 0 Å². The smallest absolute Gasteiger partial charge is 0.228 e. The molecule has 2 N–H and O–H groups in total. The molecule has 1 fully saturated rings. The van der Waals surface area contributed by atoms with Gasteiger partial charge in [0, 0.05) is 31.6 Å². The molecule has 0 spiro atoms. The molecule has 5 nitrogen and oxygen atoms in total. The van der Waals surface area contributed by atoms with Crippen molar-refractivity contribution in [1.82, 2.24) is 4.98 Å². The van der Waals surface area contributed by atoms with Crippen LogP contribution < -0.4 is 10.2 Å². The van der Waals surface area contributed by atoms with Crippen molar-refractivity contribution in [3.8, 4) is 0 Å². The lowest BCUT2D eigenvalue weighted by Gasteiger charge is -2.34. The fraction of sp³-hybridized carbons (Fsp3) is 0.400. The Bertz CT molecular complexity index is 707. The average Bonchev–Trinajstić information content (AvgIpc) is 2.64. The first-order chi connectivity index (χ1) is 12.2. The number of anilines is 2. The van der Waals surface area contributed by atoms with Gasteiger partial charge in [-0.3, -0.25) is 9.78 Å². The van der Waals surface area contributed by atoms with Crippen LogP contribution in [-0.2, 0) is 11.2 Å². The van der Waals surface area contributed by atoms with E-state index in [0.717, 1.165) is 48.6 Å². The molecule has 25 heavy (non-hydrogen) atoms. The van der Waals surface area contributed by atoms with Crippen LogP contribution in [0.15, 0.2) is 42.6 Å². The van der Waals surface area contributed by atoms with Gasteiger partial charge in [-0.15, -0.1) is 0 Å². The summed E-state index contributed by atoms with van der Waals surface area (Å²) in [6, 6.07) is 11.8. The minimum Gasteiger partial charge on any atom is -0.396 e. The van der Waals surface area contributed by atoms with Crippen LogP contribution in [0.1, 0.15) is 24.1 Å². The number of aromatic nitrogens is 1. The minimum atomic E-state index is -0.0386. The third-order valence-corrected chi connectivity index (χ3v) is 4.73. The van der Waals surface area contributed by atoms with Gasteiger partial charge in [0.1, 0.15) is 0 Å². The number of aliphatic hydroxyl groups is 1. The number of aliphatic hydroxyl groups excluding tert-OH is 1. The topological polar surface area (TPSA) is 65.5 Å². The predicted molar refractivity (Wildman–Crippen MR) is 99.8 cm³/mol. The number of amides is 1. The number of benzene rings is 1. The summed E-state index contributed by atoms with van der Waals surface area (Å²) in [5.41, 5.74) is 3.74. The Morgan fingerprint density at radius 3 is 2.68 bits per heavy atom. The van der Waals surface area contributed by atoms with E-state index >= 15 is 0 Å². The molecule has 3 rings (SSSR count). The highest BCUT2D eigenvalue weighted by Gasteiger charge is 2.20. The maximum absolute atomic E-state index is 12.4. The van der Waals surface area contributed by atoms with Crippen LogP contribution in [0, 0.1) is 12.8 Å². The summed E-state index contributed by atoms with van der Waals surface area (Å²) in [5, 5.41) is 12.3. The summed E-state index contributed by atoms with van der Waals surface area (Å²) >= 11 is 0. The lowest BCUT2D eigenvalue weighted by molar-refractivity contribution is -0.115. The average molecular weight is 339 g/mol. The molecule has 2 heterocycles. The summed E-state index contributed by atoms with van der Waals surface area (Å²) in [4.78, 5) is 18.9. The van der Waals surface area contributed by atoms with Crippen molar-refractivity contribution in [3.63, 3.8) is 0 Å². The molecule has 0 aliphatic carbocycles. The third-order valence-electron chi connectivity index (χ3n) is 4.73. The SMILES string of the molecule is Cc1ccc(CC(=O)Nc2ccccc2N2CCC(CO)CC2)cn1. The molecule has 0 atom stereocenters. The number of nitrogens with one attached hydrogen (secondary N) is 1. The van der Waals surface area contributed by atoms with Gasteiger partial charge in [0.25, 0.3) is 0 Å². The van der Waals surface area contributed by atoms with Crippen molar-refractivity contribution >= 4 is 17.3 Å². The molecular formula is C20H25N3O2. The van der Waals surface area contributed by atoms with E-state index in [1.807, 2.05) is 43.3 Å². The van der Waals surface area contributed by atoms with E-state index in [4.69, 9.17) is 0 Å². The van der Waals surface area contributed by atoms with E-state index in [0.29, 0.717) is 12.3 Å². The number of para-hydroxylation sites is 2. The largest absolute Gasteiger partial charge is 0.396 e. The first-order valence-electron chi connectivity index (χ1n) is 8.82. The Morgan fingerprint density at radius 2 is 2.00 bits per heavy atom. The van der Waals surface area contributed by atoms with Crippen LogP contribution in [0.2, 0.25) is 0 Å². The molecule has 0 unspecified atom stereocenters. The van der Waals surface area contributed by atoms with Crippen molar-refractivity contribution in [2.75, 3.05) is 29.9 Å². The number of nitrogens with zero attached hydrogens (tertiary/aromatic N) is 2. The number of hydrogen-bond acceptors (Lipinski definition) is 4. The number of carbonyl (C=O) groups is 1. The molecule has 132 valence electrons. The first-order valence-corrected chi connectivity index (χ1v) is 8.82. The molecule has 0 bridgehead atoms. The van der Waals surface area contributed by atoms with Gasteiger partial charge in [0.2, 0.25) is 5.91 Å². The molecule has 1 aliphatic rings. The Balaban J connectivity index is 1.66. The number of piperidine rings is 1. The maximum Gasteiger partial charge on any atom is 0.228 e. The van der Waals surface area contributed by atoms with Crippen LogP contribution in [0.5, 0.6) is 0 Å². The van der Waals surface area contributed by atoms with Gasteiger partial charge in [0.05, 0.1) is 17.8 Å². The number of rotatable bonds is 5. The van der Waals surface area contributed by atoms with Gasteiger partial charge in [-0.2, -0.15) is 0 Å². The molecule has 1 aliphatic heterocycles. The summed E-state index contributed by atoms with van der Waals surface area (Å²) < 4.78 is 0. The third kappa shape index (κ3) is 4.57. The lowest BCUT2D eigenvalue weighted by Crippen LogP contribution is -2.35. The highest BCUT2D eigenvalue weighted by molar-refractivity contribution is 5.95. The standard InChI is InChI=1S/C20H25N3O2/c1-15-6-7-17(13-21-15)12-20(25)22-18-4-2-3-5-19(18)23-10-8-16(14-24)9-11-23/h2-7,13,16,24H,8-12,14H2,1H3,(H,22,25). The highest BCUT2D eigenvalue weighted by Crippen LogP contribution is 2.29. The monoisotopic (exact) mass is 339 g/mol. The second kappa shape index (κ2) is 8.12. The summed E-state index contributed by atoms with van der Waals surface area (Å²) in [5.74, 6) is 0.357. The van der Waals surface area contributed by atoms with E-state index in [2.05, 4.69) is 15.2 Å². The van der Waals surface area contributed by atoms with Gasteiger partial charge in [-0.05, 0) is 49.4 Å². The molecular weight excluding hydrogens is 314 g/mol. The van der Waals surface area contributed by atoms with E-state index in [9.17, 15) is 9.90 Å². The van der Waals surface area contributed by atoms with Crippen molar-refractivity contribution in [2.45, 2.75) is 26.2 Å². The maximum atomic E-state index is 12.4. The van der Waals surface area contributed by atoms with Crippen molar-refractivity contribution in [1.29, 1.82) is 0 Å². The Labute approximate surface area is 148 Å². The van der Waals surface area contributed by atoms with Crippen LogP contribution in [-0.4, -0.2) is 35.7 Å². The Kier molecular flexibility index (Phi) is 5.66. The Hall–Kier alpha value is -2.40. The highest BCUT2D eigenvalue weighted by atomic mass is 16.3. The molecule has 1 amide bonds. The number of pyridine rings is 1. The minimum absolute atomic E-state index is 0.0386. The van der Waals surface area contributed by atoms with E-state index in [-0.39, 0.29) is 12.5 Å². The summed E-state index contributed by atoms with van der Waals surface area (Å²) in [7, 11) is 0. The number of hydrogen-bond donors (Lipinski definition) is 2. The van der Waals surface area contributed by atoms with Crippen LogP contribution in [0.25, 0.3) is 0 Å². The fourth-order valence-corrected chi connectivity index (χ4v) is 3.19. The molecule has 1 aromatic heterocycles. The molecule has 1 aromatic carbocycles. The van der Waals surface area contributed by atoms with Gasteiger partial charge < -0.3 is 15.3 Å². The van der Waals surface area contributed by atoms with Crippen LogP contribution in [0.4, 0.5) is 11.4 Å². The zero-order valence-electron chi connectivity index (χ0n) is 14.6. The normalized spacial score (nSPS) is 15.2. The van der Waals surface area contributed by atoms with Crippen LogP contribution in [0.3, 0.4) is 0 Å². The van der Waals surface area contributed by atoms with Crippen molar-refractivity contribution in [2.24, 2.45) is 5.92 Å². The second-order valence-electron chi connectivity index (χ2n) is 6.66. The number of aryl methyl sites for hydroxylation is 1. The fourth-order valence-electron chi connectivity index (χ4n) is 3.19. The second-order valence-corrected chi connectivity index (χ2v) is 6.66. The lowest BCUT2D eigenvalue weighted by atomic mass is 9.97. The first kappa shape index (κ1) is 17.4. The molecule has 5 heteroatoms. The predicted octanol–water partition coefficient (Wildman–Crippen LogP) is 2.78. The zero-order valence-corrected chi connectivity index (χ0v) is 14.6. The van der Waals surface area contributed by atoms with Crippen molar-refractivity contribution < 1.29 is 9.90 Å². The molecule has 0 radical (unpaired) electrons.